The van der Waals surface area contributed by atoms with E-state index >= 15 is 0 Å². The minimum atomic E-state index is -0.607. The molecule has 0 fully saturated rings. The van der Waals surface area contributed by atoms with E-state index < -0.39 is 11.7 Å². The molecule has 0 atom stereocenters. The molecular weight excluding hydrogens is 315 g/mol. The van der Waals surface area contributed by atoms with Crippen LogP contribution in [0.2, 0.25) is 5.02 Å². The molecule has 1 amide bonds. The van der Waals surface area contributed by atoms with Crippen LogP contribution >= 0.6 is 11.6 Å². The van der Waals surface area contributed by atoms with Crippen molar-refractivity contribution in [1.29, 1.82) is 5.26 Å². The maximum atomic E-state index is 13.8. The Labute approximate surface area is 139 Å². The van der Waals surface area contributed by atoms with Gasteiger partial charge in [-0.25, -0.2) is 4.39 Å². The van der Waals surface area contributed by atoms with Crippen molar-refractivity contribution in [3.8, 4) is 6.07 Å². The van der Waals surface area contributed by atoms with Crippen LogP contribution in [0, 0.1) is 31.0 Å². The van der Waals surface area contributed by atoms with Gasteiger partial charge in [-0.2, -0.15) is 5.26 Å². The van der Waals surface area contributed by atoms with Gasteiger partial charge in [-0.05, 0) is 43.2 Å². The lowest BCUT2D eigenvalue weighted by Crippen LogP contribution is -2.15. The maximum Gasteiger partial charge on any atom is 0.266 e. The third-order valence-electron chi connectivity index (χ3n) is 3.37. The van der Waals surface area contributed by atoms with Gasteiger partial charge in [-0.15, -0.1) is 0 Å². The summed E-state index contributed by atoms with van der Waals surface area (Å²) in [5, 5.41) is 12.0. The van der Waals surface area contributed by atoms with Crippen LogP contribution in [-0.2, 0) is 4.79 Å². The van der Waals surface area contributed by atoms with Crippen LogP contribution in [-0.4, -0.2) is 5.91 Å². The number of amides is 1. The molecule has 0 spiro atoms. The molecule has 0 bridgehead atoms. The van der Waals surface area contributed by atoms with E-state index in [9.17, 15) is 14.4 Å². The van der Waals surface area contributed by atoms with Gasteiger partial charge >= 0.3 is 0 Å². The summed E-state index contributed by atoms with van der Waals surface area (Å²) in [4.78, 5) is 12.3. The lowest BCUT2D eigenvalue weighted by Gasteiger charge is -2.11. The van der Waals surface area contributed by atoms with Crippen molar-refractivity contribution >= 4 is 29.3 Å². The van der Waals surface area contributed by atoms with Crippen molar-refractivity contribution in [3.63, 3.8) is 0 Å². The van der Waals surface area contributed by atoms with Gasteiger partial charge in [0.15, 0.2) is 0 Å². The SMILES string of the molecule is Cc1cccc(C)c1NC(=O)/C(C#N)=C/c1c(F)cccc1Cl. The fourth-order valence-corrected chi connectivity index (χ4v) is 2.35. The van der Waals surface area contributed by atoms with E-state index in [2.05, 4.69) is 5.32 Å². The Balaban J connectivity index is 2.37. The molecule has 0 radical (unpaired) electrons. The molecule has 0 aliphatic heterocycles. The van der Waals surface area contributed by atoms with Crippen molar-refractivity contribution in [3.05, 3.63) is 69.5 Å². The second-order valence-electron chi connectivity index (χ2n) is 5.03. The molecule has 0 aliphatic carbocycles. The standard InChI is InChI=1S/C18H14ClFN2O/c1-11-5-3-6-12(2)17(11)22-18(23)13(10-21)9-14-15(19)7-4-8-16(14)20/h3-9H,1-2H3,(H,22,23)/b13-9+. The lowest BCUT2D eigenvalue weighted by atomic mass is 10.1. The first-order chi connectivity index (χ1) is 10.9. The van der Waals surface area contributed by atoms with E-state index in [1.54, 1.807) is 6.07 Å². The number of benzene rings is 2. The van der Waals surface area contributed by atoms with Gasteiger partial charge in [0.1, 0.15) is 17.5 Å². The Morgan fingerprint density at radius 1 is 1.22 bits per heavy atom. The van der Waals surface area contributed by atoms with Crippen molar-refractivity contribution < 1.29 is 9.18 Å². The topological polar surface area (TPSA) is 52.9 Å². The van der Waals surface area contributed by atoms with Gasteiger partial charge in [0.05, 0.1) is 5.02 Å². The molecule has 0 unspecified atom stereocenters. The van der Waals surface area contributed by atoms with E-state index in [0.29, 0.717) is 5.69 Å². The number of carbonyl (C=O) groups is 1. The zero-order valence-electron chi connectivity index (χ0n) is 12.7. The summed E-state index contributed by atoms with van der Waals surface area (Å²) in [6.45, 7) is 3.71. The van der Waals surface area contributed by atoms with E-state index in [0.717, 1.165) is 17.2 Å². The van der Waals surface area contributed by atoms with E-state index in [4.69, 9.17) is 11.6 Å². The molecule has 1 N–H and O–H groups in total. The summed E-state index contributed by atoms with van der Waals surface area (Å²) >= 11 is 5.92. The van der Waals surface area contributed by atoms with Gasteiger partial charge in [0.2, 0.25) is 0 Å². The first-order valence-electron chi connectivity index (χ1n) is 6.87. The summed E-state index contributed by atoms with van der Waals surface area (Å²) in [7, 11) is 0. The Hall–Kier alpha value is -2.64. The molecule has 0 saturated heterocycles. The molecule has 116 valence electrons. The van der Waals surface area contributed by atoms with Crippen LogP contribution in [0.5, 0.6) is 0 Å². The molecule has 5 heteroatoms. The lowest BCUT2D eigenvalue weighted by molar-refractivity contribution is -0.112. The minimum absolute atomic E-state index is 0.0161. The third-order valence-corrected chi connectivity index (χ3v) is 3.70. The van der Waals surface area contributed by atoms with Crippen LogP contribution in [0.4, 0.5) is 10.1 Å². The Morgan fingerprint density at radius 2 is 1.83 bits per heavy atom. The normalized spacial score (nSPS) is 11.0. The highest BCUT2D eigenvalue weighted by molar-refractivity contribution is 6.32. The smallest absolute Gasteiger partial charge is 0.266 e. The number of halogens is 2. The molecule has 0 aliphatic rings. The number of nitrogens with one attached hydrogen (secondary N) is 1. The zero-order valence-corrected chi connectivity index (χ0v) is 13.4. The number of hydrogen-bond donors (Lipinski definition) is 1. The van der Waals surface area contributed by atoms with Crippen molar-refractivity contribution in [2.24, 2.45) is 0 Å². The Bertz CT molecular complexity index is 797. The molecule has 23 heavy (non-hydrogen) atoms. The highest BCUT2D eigenvalue weighted by Gasteiger charge is 2.14. The zero-order chi connectivity index (χ0) is 17.0. The summed E-state index contributed by atoms with van der Waals surface area (Å²) < 4.78 is 13.8. The van der Waals surface area contributed by atoms with Gasteiger partial charge in [-0.1, -0.05) is 35.9 Å². The quantitative estimate of drug-likeness (QED) is 0.659. The van der Waals surface area contributed by atoms with E-state index in [-0.39, 0.29) is 16.2 Å². The van der Waals surface area contributed by atoms with Crippen molar-refractivity contribution in [2.45, 2.75) is 13.8 Å². The van der Waals surface area contributed by atoms with Crippen LogP contribution < -0.4 is 5.32 Å². The average molecular weight is 329 g/mol. The number of nitrogens with zero attached hydrogens (tertiary/aromatic N) is 1. The fourth-order valence-electron chi connectivity index (χ4n) is 2.13. The fraction of sp³-hybridized carbons (Fsp3) is 0.111. The van der Waals surface area contributed by atoms with Crippen LogP contribution in [0.15, 0.2) is 42.0 Å². The predicted molar refractivity (Wildman–Crippen MR) is 89.5 cm³/mol. The van der Waals surface area contributed by atoms with Gasteiger partial charge in [-0.3, -0.25) is 4.79 Å². The van der Waals surface area contributed by atoms with E-state index in [1.165, 1.54) is 18.2 Å². The summed E-state index contributed by atoms with van der Waals surface area (Å²) in [5.74, 6) is -1.20. The highest BCUT2D eigenvalue weighted by atomic mass is 35.5. The first-order valence-corrected chi connectivity index (χ1v) is 7.25. The highest BCUT2D eigenvalue weighted by Crippen LogP contribution is 2.23. The molecule has 0 heterocycles. The number of para-hydroxylation sites is 1. The van der Waals surface area contributed by atoms with Gasteiger partial charge < -0.3 is 5.32 Å². The number of anilines is 1. The minimum Gasteiger partial charge on any atom is -0.321 e. The number of hydrogen-bond acceptors (Lipinski definition) is 2. The van der Waals surface area contributed by atoms with Crippen molar-refractivity contribution in [2.75, 3.05) is 5.32 Å². The third kappa shape index (κ3) is 3.77. The maximum absolute atomic E-state index is 13.8. The molecule has 0 aromatic heterocycles. The van der Waals surface area contributed by atoms with Gasteiger partial charge in [0, 0.05) is 11.3 Å². The monoisotopic (exact) mass is 328 g/mol. The Morgan fingerprint density at radius 3 is 2.39 bits per heavy atom. The average Bonchev–Trinajstić information content (AvgIpc) is 2.51. The second-order valence-corrected chi connectivity index (χ2v) is 5.43. The first kappa shape index (κ1) is 16.7. The summed E-state index contributed by atoms with van der Waals surface area (Å²) in [6, 6.07) is 11.5. The molecule has 3 nitrogen and oxygen atoms in total. The summed E-state index contributed by atoms with van der Waals surface area (Å²) in [5.41, 5.74) is 2.18. The van der Waals surface area contributed by atoms with Crippen LogP contribution in [0.1, 0.15) is 16.7 Å². The van der Waals surface area contributed by atoms with E-state index in [1.807, 2.05) is 32.0 Å². The molecule has 0 saturated carbocycles. The molecule has 2 aromatic rings. The molecular formula is C18H14ClFN2O. The number of carbonyl (C=O) groups excluding carboxylic acids is 1. The molecule has 2 aromatic carbocycles. The second kappa shape index (κ2) is 7.08. The predicted octanol–water partition coefficient (Wildman–Crippen LogP) is 4.64. The number of rotatable bonds is 3. The largest absolute Gasteiger partial charge is 0.321 e. The number of nitriles is 1. The van der Waals surface area contributed by atoms with Crippen molar-refractivity contribution in [1.82, 2.24) is 0 Å². The molecule has 2 rings (SSSR count). The van der Waals surface area contributed by atoms with Gasteiger partial charge in [0.25, 0.3) is 5.91 Å². The Kier molecular flexibility index (Phi) is 5.15. The summed E-state index contributed by atoms with van der Waals surface area (Å²) in [6.07, 6.45) is 1.15. The van der Waals surface area contributed by atoms with Crippen LogP contribution in [0.3, 0.4) is 0 Å². The van der Waals surface area contributed by atoms with Crippen LogP contribution in [0.25, 0.3) is 6.08 Å². The number of aryl methyl sites for hydroxylation is 2.